The number of amides is 2. The van der Waals surface area contributed by atoms with Gasteiger partial charge in [0, 0.05) is 23.6 Å². The third-order valence-corrected chi connectivity index (χ3v) is 5.69. The minimum absolute atomic E-state index is 0.148. The van der Waals surface area contributed by atoms with E-state index in [9.17, 15) is 9.59 Å². The fourth-order valence-electron chi connectivity index (χ4n) is 3.91. The second-order valence-electron chi connectivity index (χ2n) is 7.98. The number of aryl methyl sites for hydroxylation is 4. The van der Waals surface area contributed by atoms with Crippen molar-refractivity contribution in [2.45, 2.75) is 34.1 Å². The average Bonchev–Trinajstić information content (AvgIpc) is 3.26. The van der Waals surface area contributed by atoms with Gasteiger partial charge in [-0.3, -0.25) is 9.59 Å². The number of hydrogen-bond donors (Lipinski definition) is 1. The van der Waals surface area contributed by atoms with Crippen LogP contribution in [0.15, 0.2) is 48.5 Å². The first-order valence-corrected chi connectivity index (χ1v) is 10.2. The van der Waals surface area contributed by atoms with Gasteiger partial charge in [-0.15, -0.1) is 0 Å². The summed E-state index contributed by atoms with van der Waals surface area (Å²) in [6.07, 6.45) is 0.509. The number of anilines is 2. The molecule has 0 radical (unpaired) electrons. The first kappa shape index (κ1) is 19.9. The Morgan fingerprint density at radius 2 is 1.80 bits per heavy atom. The summed E-state index contributed by atoms with van der Waals surface area (Å²) in [6.45, 7) is 8.55. The van der Waals surface area contributed by atoms with Crippen LogP contribution in [0.3, 0.4) is 0 Å². The molecule has 0 bridgehead atoms. The van der Waals surface area contributed by atoms with Crippen molar-refractivity contribution < 1.29 is 9.59 Å². The second kappa shape index (κ2) is 7.78. The molecule has 30 heavy (non-hydrogen) atoms. The van der Waals surface area contributed by atoms with Gasteiger partial charge in [-0.25, -0.2) is 4.68 Å². The van der Waals surface area contributed by atoms with E-state index in [4.69, 9.17) is 0 Å². The predicted molar refractivity (Wildman–Crippen MR) is 118 cm³/mol. The highest BCUT2D eigenvalue weighted by atomic mass is 16.2. The van der Waals surface area contributed by atoms with E-state index >= 15 is 0 Å². The highest BCUT2D eigenvalue weighted by molar-refractivity contribution is 6.13. The zero-order valence-corrected chi connectivity index (χ0v) is 17.8. The molecular formula is C24H26N4O2. The molecule has 0 aliphatic carbocycles. The van der Waals surface area contributed by atoms with Crippen molar-refractivity contribution >= 4 is 23.2 Å². The van der Waals surface area contributed by atoms with Crippen LogP contribution >= 0.6 is 0 Å². The first-order valence-electron chi connectivity index (χ1n) is 10.2. The molecule has 2 heterocycles. The van der Waals surface area contributed by atoms with Crippen LogP contribution in [0.25, 0.3) is 5.69 Å². The van der Waals surface area contributed by atoms with Gasteiger partial charge in [0.2, 0.25) is 11.8 Å². The fourth-order valence-corrected chi connectivity index (χ4v) is 3.91. The van der Waals surface area contributed by atoms with Gasteiger partial charge in [0.15, 0.2) is 0 Å². The lowest BCUT2D eigenvalue weighted by molar-refractivity contribution is -0.129. The Bertz CT molecular complexity index is 1130. The molecule has 6 nitrogen and oxygen atoms in total. The molecule has 1 N–H and O–H groups in total. The van der Waals surface area contributed by atoms with E-state index in [2.05, 4.69) is 10.4 Å². The molecule has 4 rings (SSSR count). The van der Waals surface area contributed by atoms with Gasteiger partial charge in [0.25, 0.3) is 0 Å². The minimum Gasteiger partial charge on any atom is -0.325 e. The highest BCUT2D eigenvalue weighted by Gasteiger charge is 2.37. The van der Waals surface area contributed by atoms with E-state index in [1.54, 1.807) is 4.90 Å². The molecule has 1 unspecified atom stereocenters. The van der Waals surface area contributed by atoms with Crippen molar-refractivity contribution in [2.24, 2.45) is 5.92 Å². The van der Waals surface area contributed by atoms with Crippen molar-refractivity contribution in [1.29, 1.82) is 0 Å². The van der Waals surface area contributed by atoms with Crippen molar-refractivity contribution in [2.75, 3.05) is 16.8 Å². The average molecular weight is 402 g/mol. The zero-order valence-electron chi connectivity index (χ0n) is 17.8. The van der Waals surface area contributed by atoms with E-state index in [0.29, 0.717) is 18.7 Å². The Morgan fingerprint density at radius 1 is 1.00 bits per heavy atom. The minimum atomic E-state index is -0.677. The Hall–Kier alpha value is -3.41. The summed E-state index contributed by atoms with van der Waals surface area (Å²) >= 11 is 0. The normalized spacial score (nSPS) is 16.2. The van der Waals surface area contributed by atoms with Crippen LogP contribution in [0, 0.1) is 33.6 Å². The molecule has 2 aromatic carbocycles. The molecule has 0 spiro atoms. The summed E-state index contributed by atoms with van der Waals surface area (Å²) in [5.41, 5.74) is 6.65. The molecule has 3 aromatic rings. The van der Waals surface area contributed by atoms with Gasteiger partial charge >= 0.3 is 0 Å². The lowest BCUT2D eigenvalue weighted by Gasteiger charge is -2.18. The van der Waals surface area contributed by atoms with Crippen molar-refractivity contribution in [3.63, 3.8) is 0 Å². The van der Waals surface area contributed by atoms with Gasteiger partial charge in [0.1, 0.15) is 5.92 Å². The molecule has 2 amide bonds. The monoisotopic (exact) mass is 402 g/mol. The maximum atomic E-state index is 12.9. The van der Waals surface area contributed by atoms with E-state index in [-0.39, 0.29) is 11.8 Å². The van der Waals surface area contributed by atoms with Crippen LogP contribution < -0.4 is 10.2 Å². The van der Waals surface area contributed by atoms with Gasteiger partial charge in [-0.05, 0) is 81.6 Å². The molecule has 1 aromatic heterocycles. The number of hydrogen-bond acceptors (Lipinski definition) is 3. The SMILES string of the molecule is Cc1cc(C)n(-c2cccc(NC(=O)C3CCN(c4ccc(C)c(C)c4)C3=O)c2)n1. The third-order valence-electron chi connectivity index (χ3n) is 5.69. The van der Waals surface area contributed by atoms with Crippen molar-refractivity contribution in [3.8, 4) is 5.69 Å². The number of carbonyl (C=O) groups excluding carboxylic acids is 2. The van der Waals surface area contributed by atoms with E-state index in [0.717, 1.165) is 28.3 Å². The van der Waals surface area contributed by atoms with Crippen LogP contribution in [-0.4, -0.2) is 28.1 Å². The maximum Gasteiger partial charge on any atom is 0.239 e. The Balaban J connectivity index is 1.49. The van der Waals surface area contributed by atoms with Gasteiger partial charge in [-0.2, -0.15) is 5.10 Å². The quantitative estimate of drug-likeness (QED) is 0.668. The molecule has 1 saturated heterocycles. The molecular weight excluding hydrogens is 376 g/mol. The van der Waals surface area contributed by atoms with Gasteiger partial charge in [-0.1, -0.05) is 12.1 Å². The number of nitrogens with one attached hydrogen (secondary N) is 1. The topological polar surface area (TPSA) is 67.2 Å². The Labute approximate surface area is 176 Å². The number of carbonyl (C=O) groups is 2. The Morgan fingerprint density at radius 3 is 2.50 bits per heavy atom. The summed E-state index contributed by atoms with van der Waals surface area (Å²) in [5.74, 6) is -1.09. The standard InChI is InChI=1S/C24H26N4O2/c1-15-8-9-20(12-16(15)2)27-11-10-22(24(27)30)23(29)25-19-6-5-7-21(14-19)28-18(4)13-17(3)26-28/h5-9,12-14,22H,10-11H2,1-4H3,(H,25,29). The maximum absolute atomic E-state index is 12.9. The van der Waals surface area contributed by atoms with Crippen molar-refractivity contribution in [3.05, 3.63) is 71.0 Å². The molecule has 0 saturated carbocycles. The lowest BCUT2D eigenvalue weighted by atomic mass is 10.1. The summed E-state index contributed by atoms with van der Waals surface area (Å²) in [4.78, 5) is 27.5. The van der Waals surface area contributed by atoms with Crippen LogP contribution in [0.4, 0.5) is 11.4 Å². The number of nitrogens with zero attached hydrogens (tertiary/aromatic N) is 3. The van der Waals surface area contributed by atoms with Gasteiger partial charge in [0.05, 0.1) is 11.4 Å². The number of rotatable bonds is 4. The fraction of sp³-hybridized carbons (Fsp3) is 0.292. The summed E-state index contributed by atoms with van der Waals surface area (Å²) in [7, 11) is 0. The van der Waals surface area contributed by atoms with Crippen LogP contribution in [0.2, 0.25) is 0 Å². The van der Waals surface area contributed by atoms with Crippen molar-refractivity contribution in [1.82, 2.24) is 9.78 Å². The molecule has 1 aliphatic heterocycles. The molecule has 6 heteroatoms. The highest BCUT2D eigenvalue weighted by Crippen LogP contribution is 2.28. The molecule has 154 valence electrons. The van der Waals surface area contributed by atoms with Crippen LogP contribution in [0.5, 0.6) is 0 Å². The largest absolute Gasteiger partial charge is 0.325 e. The van der Waals surface area contributed by atoms with Crippen LogP contribution in [-0.2, 0) is 9.59 Å². The summed E-state index contributed by atoms with van der Waals surface area (Å²) in [5, 5.41) is 7.41. The molecule has 1 aliphatic rings. The van der Waals surface area contributed by atoms with Crippen LogP contribution in [0.1, 0.15) is 28.9 Å². The number of benzene rings is 2. The second-order valence-corrected chi connectivity index (χ2v) is 7.98. The third kappa shape index (κ3) is 3.73. The first-order chi connectivity index (χ1) is 14.3. The predicted octanol–water partition coefficient (Wildman–Crippen LogP) is 4.10. The smallest absolute Gasteiger partial charge is 0.239 e. The lowest BCUT2D eigenvalue weighted by Crippen LogP contribution is -2.33. The molecule has 1 atom stereocenters. The Kier molecular flexibility index (Phi) is 5.16. The van der Waals surface area contributed by atoms with Gasteiger partial charge < -0.3 is 10.2 Å². The summed E-state index contributed by atoms with van der Waals surface area (Å²) < 4.78 is 1.84. The van der Waals surface area contributed by atoms with E-state index < -0.39 is 5.92 Å². The number of aromatic nitrogens is 2. The summed E-state index contributed by atoms with van der Waals surface area (Å²) in [6, 6.07) is 15.5. The van der Waals surface area contributed by atoms with E-state index in [1.165, 1.54) is 5.56 Å². The molecule has 1 fully saturated rings. The van der Waals surface area contributed by atoms with E-state index in [1.807, 2.05) is 80.9 Å². The zero-order chi connectivity index (χ0) is 21.4.